The lowest BCUT2D eigenvalue weighted by Crippen LogP contribution is -2.05. The molecule has 0 unspecified atom stereocenters. The first kappa shape index (κ1) is 14.2. The molecule has 2 aromatic rings. The van der Waals surface area contributed by atoms with Crippen molar-refractivity contribution >= 4 is 5.78 Å². The minimum Gasteiger partial charge on any atom is -0.496 e. The van der Waals surface area contributed by atoms with Gasteiger partial charge in [-0.05, 0) is 48.4 Å². The van der Waals surface area contributed by atoms with E-state index in [-0.39, 0.29) is 12.2 Å². The largest absolute Gasteiger partial charge is 0.496 e. The summed E-state index contributed by atoms with van der Waals surface area (Å²) in [6.45, 7) is 1.83. The molecule has 0 heterocycles. The number of Topliss-reactive ketones (excluding diaryl/α,β-unsaturated/α-hetero) is 1. The first-order chi connectivity index (χ1) is 9.49. The molecule has 0 atom stereocenters. The molecule has 0 aliphatic rings. The van der Waals surface area contributed by atoms with E-state index in [0.29, 0.717) is 16.9 Å². The van der Waals surface area contributed by atoms with Crippen LogP contribution in [0.3, 0.4) is 0 Å². The molecule has 20 heavy (non-hydrogen) atoms. The van der Waals surface area contributed by atoms with Gasteiger partial charge in [0, 0.05) is 18.1 Å². The Hall–Kier alpha value is -2.23. The van der Waals surface area contributed by atoms with Gasteiger partial charge in [-0.2, -0.15) is 0 Å². The second-order valence-corrected chi connectivity index (χ2v) is 4.56. The Morgan fingerprint density at radius 2 is 1.75 bits per heavy atom. The second kappa shape index (κ2) is 5.82. The summed E-state index contributed by atoms with van der Waals surface area (Å²) in [6.07, 6.45) is -0.0412. The highest BCUT2D eigenvalue weighted by atomic mass is 19.1. The minimum absolute atomic E-state index is 0.0412. The van der Waals surface area contributed by atoms with E-state index in [9.17, 15) is 13.6 Å². The molecule has 0 saturated carbocycles. The Balaban J connectivity index is 2.21. The summed E-state index contributed by atoms with van der Waals surface area (Å²) in [6, 6.07) is 8.16. The third kappa shape index (κ3) is 3.20. The lowest BCUT2D eigenvalue weighted by Gasteiger charge is -2.07. The van der Waals surface area contributed by atoms with E-state index in [4.69, 9.17) is 4.74 Å². The van der Waals surface area contributed by atoms with E-state index in [0.717, 1.165) is 23.8 Å². The average molecular weight is 276 g/mol. The number of rotatable bonds is 4. The summed E-state index contributed by atoms with van der Waals surface area (Å²) >= 11 is 0. The molecule has 0 aliphatic carbocycles. The molecule has 0 N–H and O–H groups in total. The number of ether oxygens (including phenoxy) is 1. The van der Waals surface area contributed by atoms with Gasteiger partial charge in [0.1, 0.15) is 17.4 Å². The van der Waals surface area contributed by atoms with Crippen LogP contribution < -0.4 is 4.74 Å². The molecule has 104 valence electrons. The van der Waals surface area contributed by atoms with Crippen LogP contribution in [0.2, 0.25) is 0 Å². The van der Waals surface area contributed by atoms with E-state index in [1.807, 2.05) is 6.92 Å². The molecule has 2 aromatic carbocycles. The van der Waals surface area contributed by atoms with Gasteiger partial charge in [-0.15, -0.1) is 0 Å². The fourth-order valence-electron chi connectivity index (χ4n) is 2.05. The molecule has 0 aromatic heterocycles. The molecule has 2 rings (SSSR count). The predicted octanol–water partition coefficient (Wildman–Crippen LogP) is 3.71. The molecule has 0 fully saturated rings. The lowest BCUT2D eigenvalue weighted by atomic mass is 10.0. The Kier molecular flexibility index (Phi) is 4.13. The predicted molar refractivity (Wildman–Crippen MR) is 72.1 cm³/mol. The van der Waals surface area contributed by atoms with E-state index in [1.54, 1.807) is 25.3 Å². The highest BCUT2D eigenvalue weighted by Crippen LogP contribution is 2.20. The van der Waals surface area contributed by atoms with Crippen molar-refractivity contribution in [2.24, 2.45) is 0 Å². The molecule has 0 bridgehead atoms. The van der Waals surface area contributed by atoms with Crippen LogP contribution in [0.4, 0.5) is 8.78 Å². The average Bonchev–Trinajstić information content (AvgIpc) is 2.37. The summed E-state index contributed by atoms with van der Waals surface area (Å²) < 4.78 is 31.3. The van der Waals surface area contributed by atoms with Gasteiger partial charge in [0.05, 0.1) is 7.11 Å². The van der Waals surface area contributed by atoms with Crippen LogP contribution in [-0.4, -0.2) is 12.9 Å². The Morgan fingerprint density at radius 3 is 2.30 bits per heavy atom. The van der Waals surface area contributed by atoms with Gasteiger partial charge in [0.15, 0.2) is 5.78 Å². The molecule has 2 nitrogen and oxygen atoms in total. The van der Waals surface area contributed by atoms with Crippen molar-refractivity contribution in [2.45, 2.75) is 13.3 Å². The Morgan fingerprint density at radius 1 is 1.10 bits per heavy atom. The van der Waals surface area contributed by atoms with Crippen LogP contribution in [0.25, 0.3) is 0 Å². The second-order valence-electron chi connectivity index (χ2n) is 4.56. The zero-order valence-corrected chi connectivity index (χ0v) is 11.2. The Bertz CT molecular complexity index is 631. The van der Waals surface area contributed by atoms with Gasteiger partial charge in [-0.3, -0.25) is 4.79 Å². The number of halogens is 2. The number of carbonyl (C=O) groups is 1. The van der Waals surface area contributed by atoms with Crippen molar-refractivity contribution in [3.05, 3.63) is 64.7 Å². The van der Waals surface area contributed by atoms with Gasteiger partial charge in [-0.25, -0.2) is 8.78 Å². The van der Waals surface area contributed by atoms with Crippen LogP contribution in [-0.2, 0) is 6.42 Å². The minimum atomic E-state index is -0.682. The number of carbonyl (C=O) groups excluding carboxylic acids is 1. The molecular formula is C16H14F2O2. The number of methoxy groups -OCH3 is 1. The molecule has 0 radical (unpaired) electrons. The number of aryl methyl sites for hydroxylation is 1. The van der Waals surface area contributed by atoms with Crippen LogP contribution in [0, 0.1) is 18.6 Å². The molecule has 0 aliphatic heterocycles. The Labute approximate surface area is 116 Å². The quantitative estimate of drug-likeness (QED) is 0.796. The highest BCUT2D eigenvalue weighted by Gasteiger charge is 2.11. The zero-order valence-electron chi connectivity index (χ0n) is 11.2. The topological polar surface area (TPSA) is 26.3 Å². The smallest absolute Gasteiger partial charge is 0.167 e. The summed E-state index contributed by atoms with van der Waals surface area (Å²) in [5, 5.41) is 0. The third-order valence-corrected chi connectivity index (χ3v) is 3.00. The first-order valence-electron chi connectivity index (χ1n) is 6.12. The molecule has 0 spiro atoms. The number of hydrogen-bond donors (Lipinski definition) is 0. The standard InChI is InChI=1S/C16H14F2O2/c1-10-5-12(3-4-16(10)20-2)15(19)8-11-6-13(17)9-14(18)7-11/h3-7,9H,8H2,1-2H3. The maximum Gasteiger partial charge on any atom is 0.167 e. The lowest BCUT2D eigenvalue weighted by molar-refractivity contribution is 0.0993. The van der Waals surface area contributed by atoms with Gasteiger partial charge in [0.25, 0.3) is 0 Å². The highest BCUT2D eigenvalue weighted by molar-refractivity contribution is 5.97. The first-order valence-corrected chi connectivity index (χ1v) is 6.12. The van der Waals surface area contributed by atoms with Crippen LogP contribution >= 0.6 is 0 Å². The normalized spacial score (nSPS) is 10.4. The van der Waals surface area contributed by atoms with Crippen molar-refractivity contribution < 1.29 is 18.3 Å². The van der Waals surface area contributed by atoms with Crippen molar-refractivity contribution in [1.82, 2.24) is 0 Å². The maximum absolute atomic E-state index is 13.1. The zero-order chi connectivity index (χ0) is 14.7. The van der Waals surface area contributed by atoms with Crippen molar-refractivity contribution in [3.8, 4) is 5.75 Å². The van der Waals surface area contributed by atoms with Crippen LogP contribution in [0.1, 0.15) is 21.5 Å². The van der Waals surface area contributed by atoms with Crippen molar-refractivity contribution in [3.63, 3.8) is 0 Å². The van der Waals surface area contributed by atoms with Gasteiger partial charge >= 0.3 is 0 Å². The molecule has 0 saturated heterocycles. The van der Waals surface area contributed by atoms with E-state index >= 15 is 0 Å². The van der Waals surface area contributed by atoms with Crippen LogP contribution in [0.15, 0.2) is 36.4 Å². The van der Waals surface area contributed by atoms with Gasteiger partial charge in [-0.1, -0.05) is 0 Å². The SMILES string of the molecule is COc1ccc(C(=O)Cc2cc(F)cc(F)c2)cc1C. The third-order valence-electron chi connectivity index (χ3n) is 3.00. The number of ketones is 1. The van der Waals surface area contributed by atoms with Crippen molar-refractivity contribution in [1.29, 1.82) is 0 Å². The monoisotopic (exact) mass is 276 g/mol. The van der Waals surface area contributed by atoms with Gasteiger partial charge < -0.3 is 4.74 Å². The summed E-state index contributed by atoms with van der Waals surface area (Å²) in [5.74, 6) is -0.864. The fourth-order valence-corrected chi connectivity index (χ4v) is 2.05. The molecular weight excluding hydrogens is 262 g/mol. The van der Waals surface area contributed by atoms with E-state index in [1.165, 1.54) is 0 Å². The number of hydrogen-bond acceptors (Lipinski definition) is 2. The van der Waals surface area contributed by atoms with Gasteiger partial charge in [0.2, 0.25) is 0 Å². The fraction of sp³-hybridized carbons (Fsp3) is 0.188. The number of benzene rings is 2. The summed E-state index contributed by atoms with van der Waals surface area (Å²) in [4.78, 5) is 12.1. The molecule has 4 heteroatoms. The summed E-state index contributed by atoms with van der Waals surface area (Å²) in [7, 11) is 1.55. The molecule has 0 amide bonds. The van der Waals surface area contributed by atoms with E-state index in [2.05, 4.69) is 0 Å². The van der Waals surface area contributed by atoms with Crippen molar-refractivity contribution in [2.75, 3.05) is 7.11 Å². The summed E-state index contributed by atoms with van der Waals surface area (Å²) in [5.41, 5.74) is 1.65. The maximum atomic E-state index is 13.1. The van der Waals surface area contributed by atoms with E-state index < -0.39 is 11.6 Å². The van der Waals surface area contributed by atoms with Crippen LogP contribution in [0.5, 0.6) is 5.75 Å².